The van der Waals surface area contributed by atoms with E-state index in [-0.39, 0.29) is 54.8 Å². The highest BCUT2D eigenvalue weighted by Gasteiger charge is 2.50. The Balaban J connectivity index is 1.43. The average molecular weight is 551 g/mol. The zero-order chi connectivity index (χ0) is 27.7. The van der Waals surface area contributed by atoms with Crippen LogP contribution in [0.15, 0.2) is 60.7 Å². The second kappa shape index (κ2) is 11.2. The van der Waals surface area contributed by atoms with Crippen LogP contribution in [0.25, 0.3) is 10.8 Å². The fraction of sp³-hybridized carbons (Fsp3) is 0.367. The van der Waals surface area contributed by atoms with Gasteiger partial charge in [0, 0.05) is 31.1 Å². The van der Waals surface area contributed by atoms with E-state index in [1.54, 1.807) is 14.7 Å². The molecule has 0 bridgehead atoms. The number of carbonyl (C=O) groups excluding carboxylic acids is 3. The van der Waals surface area contributed by atoms with Crippen LogP contribution in [0.2, 0.25) is 5.02 Å². The van der Waals surface area contributed by atoms with Crippen LogP contribution in [0.5, 0.6) is 0 Å². The topological polar surface area (TPSA) is 73.0 Å². The minimum atomic E-state index is -0.654. The molecule has 0 aliphatic carbocycles. The van der Waals surface area contributed by atoms with Crippen molar-refractivity contribution in [3.63, 3.8) is 0 Å². The molecular formula is C30H32ClFN4O3. The first kappa shape index (κ1) is 26.9. The number of nitrogens with one attached hydrogen (secondary N) is 1. The summed E-state index contributed by atoms with van der Waals surface area (Å²) in [6, 6.07) is 17.1. The molecule has 2 heterocycles. The highest BCUT2D eigenvalue weighted by atomic mass is 35.5. The van der Waals surface area contributed by atoms with Crippen molar-refractivity contribution in [2.45, 2.75) is 52.0 Å². The first-order valence-corrected chi connectivity index (χ1v) is 13.7. The lowest BCUT2D eigenvalue weighted by Crippen LogP contribution is -2.72. The maximum absolute atomic E-state index is 13.9. The van der Waals surface area contributed by atoms with Gasteiger partial charge in [0.1, 0.15) is 18.0 Å². The Morgan fingerprint density at radius 1 is 1.10 bits per heavy atom. The Morgan fingerprint density at radius 2 is 1.87 bits per heavy atom. The maximum atomic E-state index is 13.9. The molecule has 204 valence electrons. The molecule has 7 nitrogen and oxygen atoms in total. The molecule has 0 aromatic heterocycles. The van der Waals surface area contributed by atoms with Crippen LogP contribution < -0.4 is 5.32 Å². The normalized spacial score (nSPS) is 20.3. The number of carbonyl (C=O) groups is 3. The summed E-state index contributed by atoms with van der Waals surface area (Å²) in [6.07, 6.45) is 0.260. The van der Waals surface area contributed by atoms with Crippen LogP contribution in [0.3, 0.4) is 0 Å². The quantitative estimate of drug-likeness (QED) is 0.461. The first-order chi connectivity index (χ1) is 18.8. The van der Waals surface area contributed by atoms with Crippen molar-refractivity contribution < 1.29 is 18.8 Å². The van der Waals surface area contributed by atoms with Crippen molar-refractivity contribution in [2.75, 3.05) is 13.1 Å². The number of halogens is 2. The second-order valence-electron chi connectivity index (χ2n) is 10.3. The van der Waals surface area contributed by atoms with Crippen molar-refractivity contribution in [1.82, 2.24) is 20.0 Å². The molecule has 0 spiro atoms. The molecule has 0 radical (unpaired) electrons. The fourth-order valence-corrected chi connectivity index (χ4v) is 5.86. The Hall–Kier alpha value is -3.65. The van der Waals surface area contributed by atoms with E-state index in [0.29, 0.717) is 18.5 Å². The fourth-order valence-electron chi connectivity index (χ4n) is 5.62. The molecule has 3 atom stereocenters. The summed E-state index contributed by atoms with van der Waals surface area (Å²) in [6.45, 7) is 4.93. The summed E-state index contributed by atoms with van der Waals surface area (Å²) >= 11 is 6.15. The van der Waals surface area contributed by atoms with E-state index in [0.717, 1.165) is 16.3 Å². The average Bonchev–Trinajstić information content (AvgIpc) is 2.93. The zero-order valence-corrected chi connectivity index (χ0v) is 22.8. The van der Waals surface area contributed by atoms with Gasteiger partial charge in [-0.1, -0.05) is 80.4 Å². The van der Waals surface area contributed by atoms with Gasteiger partial charge >= 0.3 is 6.03 Å². The SMILES string of the molecule is CC[C@H](C)[C@H]1C(=O)N(Cc2cccc3ccccc23)C[C@@H]2N(C(=O)NCc3ccc(F)cc3Cl)CCC(=O)N12. The van der Waals surface area contributed by atoms with Gasteiger partial charge in [-0.15, -0.1) is 0 Å². The second-order valence-corrected chi connectivity index (χ2v) is 10.7. The smallest absolute Gasteiger partial charge is 0.319 e. The molecule has 2 fully saturated rings. The molecule has 5 rings (SSSR count). The van der Waals surface area contributed by atoms with Gasteiger partial charge in [-0.3, -0.25) is 9.59 Å². The highest BCUT2D eigenvalue weighted by Crippen LogP contribution is 2.32. The lowest BCUT2D eigenvalue weighted by atomic mass is 9.91. The number of amides is 4. The van der Waals surface area contributed by atoms with Crippen molar-refractivity contribution in [3.8, 4) is 0 Å². The molecule has 39 heavy (non-hydrogen) atoms. The van der Waals surface area contributed by atoms with E-state index in [4.69, 9.17) is 11.6 Å². The van der Waals surface area contributed by atoms with E-state index in [2.05, 4.69) is 5.32 Å². The van der Waals surface area contributed by atoms with Gasteiger partial charge in [0.2, 0.25) is 11.8 Å². The van der Waals surface area contributed by atoms with Crippen molar-refractivity contribution >= 4 is 40.2 Å². The lowest BCUT2D eigenvalue weighted by Gasteiger charge is -2.53. The Kier molecular flexibility index (Phi) is 7.75. The zero-order valence-electron chi connectivity index (χ0n) is 22.1. The molecular weight excluding hydrogens is 519 g/mol. The molecule has 3 aromatic rings. The lowest BCUT2D eigenvalue weighted by molar-refractivity contribution is -0.170. The Labute approximate surface area is 232 Å². The minimum absolute atomic E-state index is 0.0831. The van der Waals surface area contributed by atoms with Crippen LogP contribution in [-0.2, 0) is 22.7 Å². The van der Waals surface area contributed by atoms with Gasteiger partial charge < -0.3 is 20.0 Å². The van der Waals surface area contributed by atoms with E-state index in [1.807, 2.05) is 56.3 Å². The van der Waals surface area contributed by atoms with Gasteiger partial charge in [-0.25, -0.2) is 9.18 Å². The van der Waals surface area contributed by atoms with Gasteiger partial charge in [0.15, 0.2) is 0 Å². The summed E-state index contributed by atoms with van der Waals surface area (Å²) in [5.74, 6) is -0.744. The maximum Gasteiger partial charge on any atom is 0.319 e. The largest absolute Gasteiger partial charge is 0.334 e. The predicted molar refractivity (Wildman–Crippen MR) is 148 cm³/mol. The molecule has 4 amide bonds. The number of rotatable bonds is 6. The molecule has 0 saturated carbocycles. The number of benzene rings is 3. The molecule has 0 unspecified atom stereocenters. The third-order valence-corrected chi connectivity index (χ3v) is 8.27. The number of fused-ring (bicyclic) bond motifs is 2. The van der Waals surface area contributed by atoms with Crippen LogP contribution >= 0.6 is 11.6 Å². The van der Waals surface area contributed by atoms with E-state index >= 15 is 0 Å². The van der Waals surface area contributed by atoms with Crippen LogP contribution in [0.4, 0.5) is 9.18 Å². The molecule has 9 heteroatoms. The number of hydrogen-bond acceptors (Lipinski definition) is 3. The molecule has 2 aliphatic rings. The number of urea groups is 1. The van der Waals surface area contributed by atoms with Gasteiger partial charge in [0.05, 0.1) is 6.54 Å². The van der Waals surface area contributed by atoms with Gasteiger partial charge in [0.25, 0.3) is 0 Å². The highest BCUT2D eigenvalue weighted by molar-refractivity contribution is 6.31. The number of nitrogens with zero attached hydrogens (tertiary/aromatic N) is 3. The van der Waals surface area contributed by atoms with Crippen LogP contribution in [-0.4, -0.2) is 57.8 Å². The Bertz CT molecular complexity index is 1410. The summed E-state index contributed by atoms with van der Waals surface area (Å²) in [7, 11) is 0. The monoisotopic (exact) mass is 550 g/mol. The van der Waals surface area contributed by atoms with Crippen LogP contribution in [0, 0.1) is 11.7 Å². The standard InChI is InChI=1S/C30H32ClFN4O3/c1-3-19(2)28-29(38)34(17-22-9-6-8-20-7-4-5-10-24(20)22)18-26-35(14-13-27(37)36(26)28)30(39)33-16-21-11-12-23(32)15-25(21)31/h4-12,15,19,26,28H,3,13-14,16-18H2,1-2H3,(H,33,39)/t19-,26+,28-/m0/s1. The molecule has 2 saturated heterocycles. The summed E-state index contributed by atoms with van der Waals surface area (Å²) in [4.78, 5) is 45.6. The summed E-state index contributed by atoms with van der Waals surface area (Å²) < 4.78 is 13.5. The predicted octanol–water partition coefficient (Wildman–Crippen LogP) is 5.16. The first-order valence-electron chi connectivity index (χ1n) is 13.3. The Morgan fingerprint density at radius 3 is 2.64 bits per heavy atom. The van der Waals surface area contributed by atoms with Gasteiger partial charge in [-0.05, 0) is 39.9 Å². The van der Waals surface area contributed by atoms with Gasteiger partial charge in [-0.2, -0.15) is 0 Å². The number of hydrogen-bond donors (Lipinski definition) is 1. The van der Waals surface area contributed by atoms with E-state index in [1.165, 1.54) is 18.2 Å². The van der Waals surface area contributed by atoms with Crippen molar-refractivity contribution in [2.24, 2.45) is 5.92 Å². The molecule has 1 N–H and O–H groups in total. The minimum Gasteiger partial charge on any atom is -0.334 e. The third-order valence-electron chi connectivity index (χ3n) is 7.91. The van der Waals surface area contributed by atoms with E-state index < -0.39 is 18.0 Å². The van der Waals surface area contributed by atoms with Crippen molar-refractivity contribution in [3.05, 3.63) is 82.6 Å². The summed E-state index contributed by atoms with van der Waals surface area (Å²) in [5.41, 5.74) is 1.60. The summed E-state index contributed by atoms with van der Waals surface area (Å²) in [5, 5.41) is 5.26. The third kappa shape index (κ3) is 5.30. The number of piperazine rings is 1. The van der Waals surface area contributed by atoms with Crippen LogP contribution in [0.1, 0.15) is 37.8 Å². The molecule has 2 aliphatic heterocycles. The van der Waals surface area contributed by atoms with Crippen molar-refractivity contribution in [1.29, 1.82) is 0 Å². The van der Waals surface area contributed by atoms with E-state index in [9.17, 15) is 18.8 Å². The molecule has 3 aromatic carbocycles.